The zero-order valence-corrected chi connectivity index (χ0v) is 29.5. The Labute approximate surface area is 310 Å². The predicted octanol–water partition coefficient (Wildman–Crippen LogP) is 13.2. The maximum absolute atomic E-state index is 2.43. The standard InChI is InChI=1S/C50H37NS/c1-7-19-40(20-8-1)49(41-21-9-2-10-22-41)47-36-33-39(37-48(47)52-50(49,42-23-11-3-12-24-42)43-25-13-4-14-26-43)38-31-34-46(35-32-38)51(44-27-15-5-16-28-44)45-29-17-6-18-30-45/h1-37H. The molecule has 0 N–H and O–H groups in total. The van der Waals surface area contributed by atoms with E-state index < -0.39 is 10.2 Å². The summed E-state index contributed by atoms with van der Waals surface area (Å²) in [5, 5.41) is 0. The minimum Gasteiger partial charge on any atom is -0.311 e. The van der Waals surface area contributed by atoms with Gasteiger partial charge in [-0.2, -0.15) is 0 Å². The van der Waals surface area contributed by atoms with E-state index in [1.165, 1.54) is 43.8 Å². The first-order valence-electron chi connectivity index (χ1n) is 17.9. The van der Waals surface area contributed by atoms with Crippen LogP contribution in [0.1, 0.15) is 27.8 Å². The van der Waals surface area contributed by atoms with Gasteiger partial charge in [-0.05, 0) is 81.4 Å². The maximum atomic E-state index is 2.43. The Bertz CT molecular complexity index is 2280. The topological polar surface area (TPSA) is 3.24 Å². The van der Waals surface area contributed by atoms with Gasteiger partial charge in [-0.1, -0.05) is 182 Å². The summed E-state index contributed by atoms with van der Waals surface area (Å²) in [5.41, 5.74) is 11.7. The molecule has 0 spiro atoms. The smallest absolute Gasteiger partial charge is 0.0882 e. The summed E-state index contributed by atoms with van der Waals surface area (Å²) in [6.45, 7) is 0. The van der Waals surface area contributed by atoms with Crippen LogP contribution in [0.25, 0.3) is 11.1 Å². The van der Waals surface area contributed by atoms with Gasteiger partial charge in [-0.25, -0.2) is 0 Å². The van der Waals surface area contributed by atoms with E-state index in [0.29, 0.717) is 0 Å². The van der Waals surface area contributed by atoms with Gasteiger partial charge < -0.3 is 4.90 Å². The van der Waals surface area contributed by atoms with Crippen molar-refractivity contribution in [3.63, 3.8) is 0 Å². The van der Waals surface area contributed by atoms with Gasteiger partial charge in [-0.15, -0.1) is 11.8 Å². The molecular formula is C50H37NS. The summed E-state index contributed by atoms with van der Waals surface area (Å²) < 4.78 is -0.491. The van der Waals surface area contributed by atoms with E-state index in [4.69, 9.17) is 0 Å². The van der Waals surface area contributed by atoms with Gasteiger partial charge in [0.05, 0.1) is 10.2 Å². The number of fused-ring (bicyclic) bond motifs is 1. The van der Waals surface area contributed by atoms with Gasteiger partial charge in [0.1, 0.15) is 0 Å². The first kappa shape index (κ1) is 31.9. The zero-order valence-electron chi connectivity index (χ0n) is 28.7. The molecule has 0 saturated heterocycles. The largest absolute Gasteiger partial charge is 0.311 e. The van der Waals surface area contributed by atoms with Crippen molar-refractivity contribution in [2.24, 2.45) is 0 Å². The van der Waals surface area contributed by atoms with Crippen molar-refractivity contribution in [2.45, 2.75) is 15.1 Å². The second-order valence-corrected chi connectivity index (χ2v) is 14.5. The molecule has 0 radical (unpaired) electrons. The van der Waals surface area contributed by atoms with Crippen molar-refractivity contribution < 1.29 is 0 Å². The SMILES string of the molecule is c1ccc(N(c2ccccc2)c2ccc(-c3ccc4c(c3)SC(c3ccccc3)(c3ccccc3)C4(c3ccccc3)c3ccccc3)cc2)cc1. The predicted molar refractivity (Wildman–Crippen MR) is 219 cm³/mol. The molecule has 8 aromatic carbocycles. The van der Waals surface area contributed by atoms with E-state index in [1.807, 2.05) is 11.8 Å². The monoisotopic (exact) mass is 683 g/mol. The third-order valence-electron chi connectivity index (χ3n) is 10.4. The molecule has 0 aliphatic carbocycles. The van der Waals surface area contributed by atoms with E-state index >= 15 is 0 Å². The number of nitrogens with zero attached hydrogens (tertiary/aromatic N) is 1. The van der Waals surface area contributed by atoms with Crippen LogP contribution in [-0.4, -0.2) is 0 Å². The van der Waals surface area contributed by atoms with E-state index in [0.717, 1.165) is 17.1 Å². The molecule has 2 heteroatoms. The quantitative estimate of drug-likeness (QED) is 0.157. The summed E-state index contributed by atoms with van der Waals surface area (Å²) in [5.74, 6) is 0. The van der Waals surface area contributed by atoms with Gasteiger partial charge in [0.15, 0.2) is 0 Å². The Kier molecular flexibility index (Phi) is 8.31. The third kappa shape index (κ3) is 5.18. The van der Waals surface area contributed by atoms with Crippen LogP contribution in [-0.2, 0) is 10.2 Å². The second kappa shape index (κ2) is 13.6. The number of benzene rings is 8. The van der Waals surface area contributed by atoms with Crippen LogP contribution in [0.4, 0.5) is 17.1 Å². The first-order valence-corrected chi connectivity index (χ1v) is 18.7. The van der Waals surface area contributed by atoms with Crippen LogP contribution in [0.15, 0.2) is 229 Å². The molecule has 248 valence electrons. The molecular weight excluding hydrogens is 647 g/mol. The van der Waals surface area contributed by atoms with Crippen molar-refractivity contribution in [1.82, 2.24) is 0 Å². The molecule has 1 aliphatic rings. The van der Waals surface area contributed by atoms with Gasteiger partial charge in [0, 0.05) is 22.0 Å². The van der Waals surface area contributed by atoms with Crippen molar-refractivity contribution in [3.8, 4) is 11.1 Å². The minimum absolute atomic E-state index is 0.491. The first-order chi connectivity index (χ1) is 25.8. The fourth-order valence-electron chi connectivity index (χ4n) is 8.26. The number of para-hydroxylation sites is 2. The lowest BCUT2D eigenvalue weighted by Crippen LogP contribution is -2.46. The lowest BCUT2D eigenvalue weighted by Gasteiger charge is -2.48. The van der Waals surface area contributed by atoms with Crippen molar-refractivity contribution >= 4 is 28.8 Å². The molecule has 0 atom stereocenters. The Morgan fingerprint density at radius 2 is 0.692 bits per heavy atom. The van der Waals surface area contributed by atoms with Gasteiger partial charge >= 0.3 is 0 Å². The van der Waals surface area contributed by atoms with Gasteiger partial charge in [0.2, 0.25) is 0 Å². The third-order valence-corrected chi connectivity index (χ3v) is 12.1. The van der Waals surface area contributed by atoms with E-state index in [9.17, 15) is 0 Å². The highest BCUT2D eigenvalue weighted by Crippen LogP contribution is 2.70. The highest BCUT2D eigenvalue weighted by molar-refractivity contribution is 8.01. The van der Waals surface area contributed by atoms with Crippen LogP contribution >= 0.6 is 11.8 Å². The molecule has 0 bridgehead atoms. The maximum Gasteiger partial charge on any atom is 0.0882 e. The highest BCUT2D eigenvalue weighted by atomic mass is 32.2. The molecule has 1 aliphatic heterocycles. The normalized spacial score (nSPS) is 14.0. The molecule has 0 amide bonds. The zero-order chi connectivity index (χ0) is 34.8. The molecule has 1 heterocycles. The summed E-state index contributed by atoms with van der Waals surface area (Å²) in [7, 11) is 0. The van der Waals surface area contributed by atoms with Crippen LogP contribution in [0.2, 0.25) is 0 Å². The Morgan fingerprint density at radius 3 is 1.13 bits per heavy atom. The second-order valence-electron chi connectivity index (χ2n) is 13.3. The van der Waals surface area contributed by atoms with Crippen LogP contribution in [0.3, 0.4) is 0 Å². The molecule has 8 aromatic rings. The lowest BCUT2D eigenvalue weighted by molar-refractivity contribution is 0.504. The number of anilines is 3. The Morgan fingerprint density at radius 1 is 0.327 bits per heavy atom. The molecule has 0 saturated carbocycles. The van der Waals surface area contributed by atoms with Gasteiger partial charge in [0.25, 0.3) is 0 Å². The van der Waals surface area contributed by atoms with Crippen LogP contribution < -0.4 is 4.90 Å². The molecule has 0 aromatic heterocycles. The summed E-state index contributed by atoms with van der Waals surface area (Å²) >= 11 is 1.99. The molecule has 52 heavy (non-hydrogen) atoms. The fourth-order valence-corrected chi connectivity index (χ4v) is 10.1. The van der Waals surface area contributed by atoms with Crippen LogP contribution in [0, 0.1) is 0 Å². The number of hydrogen-bond acceptors (Lipinski definition) is 2. The average Bonchev–Trinajstić information content (AvgIpc) is 3.55. The number of rotatable bonds is 8. The van der Waals surface area contributed by atoms with E-state index in [2.05, 4.69) is 229 Å². The highest BCUT2D eigenvalue weighted by Gasteiger charge is 2.62. The molecule has 9 rings (SSSR count). The minimum atomic E-state index is -0.521. The van der Waals surface area contributed by atoms with E-state index in [1.54, 1.807) is 0 Å². The number of thioether (sulfide) groups is 1. The molecule has 1 nitrogen and oxygen atoms in total. The summed E-state index contributed by atoms with van der Waals surface area (Å²) in [4.78, 5) is 3.60. The summed E-state index contributed by atoms with van der Waals surface area (Å²) in [6.07, 6.45) is 0. The summed E-state index contributed by atoms with van der Waals surface area (Å²) in [6, 6.07) is 81.9. The van der Waals surface area contributed by atoms with Crippen molar-refractivity contribution in [2.75, 3.05) is 4.90 Å². The van der Waals surface area contributed by atoms with Crippen molar-refractivity contribution in [1.29, 1.82) is 0 Å². The van der Waals surface area contributed by atoms with Gasteiger partial charge in [-0.3, -0.25) is 0 Å². The molecule has 0 unspecified atom stereocenters. The van der Waals surface area contributed by atoms with Crippen molar-refractivity contribution in [3.05, 3.63) is 252 Å². The van der Waals surface area contributed by atoms with E-state index in [-0.39, 0.29) is 0 Å². The lowest BCUT2D eigenvalue weighted by atomic mass is 9.57. The Balaban J connectivity index is 1.24. The Hall–Kier alpha value is -6.09. The number of hydrogen-bond donors (Lipinski definition) is 0. The fraction of sp³-hybridized carbons (Fsp3) is 0.0400. The molecule has 0 fully saturated rings. The average molecular weight is 684 g/mol. The van der Waals surface area contributed by atoms with Crippen LogP contribution in [0.5, 0.6) is 0 Å².